The number of rotatable bonds is 4. The Morgan fingerprint density at radius 3 is 1.87 bits per heavy atom. The summed E-state index contributed by atoms with van der Waals surface area (Å²) in [7, 11) is 0. The number of aromatic nitrogens is 3. The van der Waals surface area contributed by atoms with Gasteiger partial charge in [-0.1, -0.05) is 12.1 Å². The van der Waals surface area contributed by atoms with Gasteiger partial charge in [-0.2, -0.15) is 0 Å². The van der Waals surface area contributed by atoms with Crippen LogP contribution in [0.3, 0.4) is 0 Å². The van der Waals surface area contributed by atoms with Crippen LogP contribution in [-0.4, -0.2) is 29.5 Å². The van der Waals surface area contributed by atoms with Gasteiger partial charge >= 0.3 is 294 Å². The molecule has 4 nitrogen and oxygen atoms in total. The first-order valence-corrected chi connectivity index (χ1v) is 19.1. The molecule has 5 heteroatoms. The number of furan rings is 1. The topological polar surface area (TPSA) is 51.8 Å². The van der Waals surface area contributed by atoms with E-state index in [0.29, 0.717) is 17.5 Å². The molecule has 11 rings (SSSR count). The van der Waals surface area contributed by atoms with Crippen molar-refractivity contribution in [3.8, 4) is 45.3 Å². The number of fused-ring (bicyclic) bond motifs is 10. The molecule has 0 fully saturated rings. The number of hydrogen-bond acceptors (Lipinski definition) is 4. The van der Waals surface area contributed by atoms with Gasteiger partial charge in [0.25, 0.3) is 0 Å². The molecule has 0 amide bonds. The molecule has 0 atom stereocenters. The Bertz CT molecular complexity index is 3180. The molecule has 0 spiro atoms. The van der Waals surface area contributed by atoms with E-state index in [-0.39, 0.29) is 14.5 Å². The quantitative estimate of drug-likeness (QED) is 0.134. The molecule has 0 aliphatic rings. The summed E-state index contributed by atoms with van der Waals surface area (Å²) >= 11 is 0.0416. The summed E-state index contributed by atoms with van der Waals surface area (Å²) in [5, 5.41) is 9.68. The molecule has 0 aliphatic carbocycles. The number of nitrogens with zero attached hydrogens (tertiary/aromatic N) is 3. The van der Waals surface area contributed by atoms with Crippen molar-refractivity contribution in [3.63, 3.8) is 0 Å². The Hall–Kier alpha value is -6.39. The maximum atomic E-state index is 6.31. The SMILES string of the molecule is c1ccc(-c2nc(-c3ccc4c(c3)oc3ccccc34)nc(-c3cc4ccc5ccccc5c4c4[se]c5c(-c6ccccc6)cccc5c34)n2)cc1. The third kappa shape index (κ3) is 4.57. The van der Waals surface area contributed by atoms with Gasteiger partial charge in [0.05, 0.1) is 0 Å². The fourth-order valence-electron chi connectivity index (χ4n) is 7.68. The van der Waals surface area contributed by atoms with Crippen LogP contribution < -0.4 is 0 Å². The molecule has 52 heavy (non-hydrogen) atoms. The first-order valence-electron chi connectivity index (χ1n) is 17.4. The van der Waals surface area contributed by atoms with E-state index in [1.54, 1.807) is 0 Å². The Labute approximate surface area is 304 Å². The molecule has 0 saturated carbocycles. The summed E-state index contributed by atoms with van der Waals surface area (Å²) < 4.78 is 9.08. The molecule has 3 heterocycles. The van der Waals surface area contributed by atoms with Crippen LogP contribution in [0.2, 0.25) is 0 Å². The predicted octanol–water partition coefficient (Wildman–Crippen LogP) is 12.1. The van der Waals surface area contributed by atoms with Crippen molar-refractivity contribution in [1.82, 2.24) is 15.0 Å². The molecule has 0 N–H and O–H groups in total. The van der Waals surface area contributed by atoms with Gasteiger partial charge in [0.1, 0.15) is 0 Å². The first-order chi connectivity index (χ1) is 25.8. The van der Waals surface area contributed by atoms with Crippen LogP contribution in [0.5, 0.6) is 0 Å². The van der Waals surface area contributed by atoms with Crippen LogP contribution in [-0.2, 0) is 0 Å². The molecule has 11 aromatic rings. The van der Waals surface area contributed by atoms with Crippen LogP contribution in [0.4, 0.5) is 0 Å². The molecular weight excluding hydrogens is 701 g/mol. The van der Waals surface area contributed by atoms with Crippen LogP contribution in [0.1, 0.15) is 0 Å². The average Bonchev–Trinajstić information content (AvgIpc) is 3.79. The average molecular weight is 729 g/mol. The minimum absolute atomic E-state index is 0.0416. The maximum absolute atomic E-state index is 6.31. The van der Waals surface area contributed by atoms with Crippen LogP contribution in [0, 0.1) is 0 Å². The van der Waals surface area contributed by atoms with Crippen LogP contribution in [0.25, 0.3) is 108 Å². The zero-order valence-corrected chi connectivity index (χ0v) is 29.5. The van der Waals surface area contributed by atoms with Gasteiger partial charge in [-0.25, -0.2) is 0 Å². The first kappa shape index (κ1) is 29.4. The van der Waals surface area contributed by atoms with Crippen molar-refractivity contribution >= 4 is 77.3 Å². The molecular formula is C47H27N3OSe. The fraction of sp³-hybridized carbons (Fsp3) is 0. The molecule has 0 saturated heterocycles. The van der Waals surface area contributed by atoms with E-state index < -0.39 is 0 Å². The summed E-state index contributed by atoms with van der Waals surface area (Å²) in [5.41, 5.74) is 7.04. The van der Waals surface area contributed by atoms with E-state index in [4.69, 9.17) is 19.4 Å². The summed E-state index contributed by atoms with van der Waals surface area (Å²) in [5.74, 6) is 1.91. The summed E-state index contributed by atoms with van der Waals surface area (Å²) in [6, 6.07) is 57.7. The summed E-state index contributed by atoms with van der Waals surface area (Å²) in [4.78, 5) is 15.7. The summed E-state index contributed by atoms with van der Waals surface area (Å²) in [6.07, 6.45) is 0. The van der Waals surface area contributed by atoms with Gasteiger partial charge in [0.2, 0.25) is 0 Å². The van der Waals surface area contributed by atoms with E-state index in [2.05, 4.69) is 127 Å². The number of benzene rings is 8. The van der Waals surface area contributed by atoms with E-state index in [0.717, 1.165) is 38.6 Å². The fourth-order valence-corrected chi connectivity index (χ4v) is 10.7. The van der Waals surface area contributed by atoms with Gasteiger partial charge in [0.15, 0.2) is 0 Å². The molecule has 0 aliphatic heterocycles. The molecule has 0 unspecified atom stereocenters. The van der Waals surface area contributed by atoms with Crippen LogP contribution in [0.15, 0.2) is 168 Å². The number of para-hydroxylation sites is 1. The van der Waals surface area contributed by atoms with E-state index >= 15 is 0 Å². The Balaban J connectivity index is 1.24. The molecule has 0 bridgehead atoms. The Kier molecular flexibility index (Phi) is 6.53. The zero-order valence-electron chi connectivity index (χ0n) is 27.7. The van der Waals surface area contributed by atoms with Crippen molar-refractivity contribution in [2.45, 2.75) is 0 Å². The van der Waals surface area contributed by atoms with Crippen LogP contribution >= 0.6 is 0 Å². The Morgan fingerprint density at radius 2 is 1.02 bits per heavy atom. The third-order valence-corrected chi connectivity index (χ3v) is 12.7. The number of hydrogen-bond donors (Lipinski definition) is 0. The van der Waals surface area contributed by atoms with Gasteiger partial charge in [-0.05, 0) is 0 Å². The Morgan fingerprint density at radius 1 is 0.365 bits per heavy atom. The third-order valence-electron chi connectivity index (χ3n) is 10.1. The molecule has 8 aromatic carbocycles. The van der Waals surface area contributed by atoms with Gasteiger partial charge in [-0.15, -0.1) is 0 Å². The van der Waals surface area contributed by atoms with E-state index in [1.165, 1.54) is 52.0 Å². The second-order valence-corrected chi connectivity index (χ2v) is 15.3. The zero-order chi connectivity index (χ0) is 34.2. The van der Waals surface area contributed by atoms with E-state index in [1.807, 2.05) is 36.4 Å². The minimum atomic E-state index is 0.0416. The molecule has 3 aromatic heterocycles. The van der Waals surface area contributed by atoms with Crippen molar-refractivity contribution in [1.29, 1.82) is 0 Å². The summed E-state index contributed by atoms with van der Waals surface area (Å²) in [6.45, 7) is 0. The monoisotopic (exact) mass is 729 g/mol. The van der Waals surface area contributed by atoms with Gasteiger partial charge < -0.3 is 0 Å². The second-order valence-electron chi connectivity index (χ2n) is 13.1. The standard InChI is InChI=1S/C47H27N3OSe/c1-3-12-28(13-4-1)34-19-11-20-37-42-38(26-31-23-22-29-14-7-8-17-33(29)41(31)44(42)52-43(34)37)47-49-45(30-15-5-2-6-16-30)48-46(50-47)32-24-25-36-35-18-9-10-21-39(35)51-40(36)27-32/h1-27H. The van der Waals surface area contributed by atoms with Gasteiger partial charge in [-0.3, -0.25) is 0 Å². The molecule has 242 valence electrons. The normalized spacial score (nSPS) is 11.8. The second kappa shape index (κ2) is 11.6. The molecule has 0 radical (unpaired) electrons. The van der Waals surface area contributed by atoms with Crippen molar-refractivity contribution in [3.05, 3.63) is 164 Å². The van der Waals surface area contributed by atoms with Crippen molar-refractivity contribution in [2.24, 2.45) is 0 Å². The van der Waals surface area contributed by atoms with Crippen molar-refractivity contribution in [2.75, 3.05) is 0 Å². The van der Waals surface area contributed by atoms with Gasteiger partial charge in [0, 0.05) is 0 Å². The van der Waals surface area contributed by atoms with E-state index in [9.17, 15) is 0 Å². The van der Waals surface area contributed by atoms with Crippen molar-refractivity contribution < 1.29 is 4.42 Å². The predicted molar refractivity (Wildman–Crippen MR) is 216 cm³/mol.